The van der Waals surface area contributed by atoms with Gasteiger partial charge >= 0.3 is 5.97 Å². The number of hydrogen-bond acceptors (Lipinski definition) is 3. The van der Waals surface area contributed by atoms with Gasteiger partial charge in [-0.05, 0) is 24.5 Å². The molecule has 0 aliphatic carbocycles. The van der Waals surface area contributed by atoms with Crippen molar-refractivity contribution in [1.29, 1.82) is 0 Å². The van der Waals surface area contributed by atoms with Crippen LogP contribution in [-0.4, -0.2) is 32.1 Å². The zero-order valence-corrected chi connectivity index (χ0v) is 14.0. The molecule has 2 aromatic rings. The first kappa shape index (κ1) is 15.9. The molecule has 1 aromatic carbocycles. The van der Waals surface area contributed by atoms with E-state index in [9.17, 15) is 4.79 Å². The van der Waals surface area contributed by atoms with Crippen LogP contribution in [0.15, 0.2) is 18.2 Å². The molecule has 5 heteroatoms. The molecule has 0 amide bonds. The summed E-state index contributed by atoms with van der Waals surface area (Å²) in [6.07, 6.45) is 2.10. The summed E-state index contributed by atoms with van der Waals surface area (Å²) < 4.78 is 2.22. The average molecular weight is 306 g/mol. The normalized spacial score (nSPS) is 13.6. The number of nitrogens with zero attached hydrogens (tertiary/aromatic N) is 2. The molecule has 114 valence electrons. The van der Waals surface area contributed by atoms with Gasteiger partial charge in [0.1, 0.15) is 5.82 Å². The van der Waals surface area contributed by atoms with E-state index in [1.165, 1.54) is 0 Å². The van der Waals surface area contributed by atoms with Gasteiger partial charge in [0.2, 0.25) is 0 Å². The van der Waals surface area contributed by atoms with Crippen molar-refractivity contribution in [3.8, 4) is 0 Å². The van der Waals surface area contributed by atoms with Gasteiger partial charge in [0, 0.05) is 17.2 Å². The van der Waals surface area contributed by atoms with Crippen LogP contribution in [0.1, 0.15) is 43.9 Å². The van der Waals surface area contributed by atoms with E-state index in [4.69, 9.17) is 10.1 Å². The third kappa shape index (κ3) is 3.23. The van der Waals surface area contributed by atoms with Crippen LogP contribution in [-0.2, 0) is 12.0 Å². The topological polar surface area (TPSA) is 55.1 Å². The van der Waals surface area contributed by atoms with Crippen LogP contribution >= 0.6 is 11.8 Å². The van der Waals surface area contributed by atoms with Gasteiger partial charge in [0.25, 0.3) is 0 Å². The molecule has 0 aliphatic heterocycles. The molecule has 0 spiro atoms. The average Bonchev–Trinajstić information content (AvgIpc) is 2.76. The third-order valence-corrected chi connectivity index (χ3v) is 4.46. The fraction of sp³-hybridized carbons (Fsp3) is 0.500. The van der Waals surface area contributed by atoms with E-state index in [1.54, 1.807) is 12.1 Å². The van der Waals surface area contributed by atoms with Crippen molar-refractivity contribution in [2.45, 2.75) is 44.9 Å². The van der Waals surface area contributed by atoms with Crippen LogP contribution in [0.5, 0.6) is 0 Å². The Hall–Kier alpha value is -1.49. The second-order valence-electron chi connectivity index (χ2n) is 6.35. The lowest BCUT2D eigenvalue weighted by Gasteiger charge is -2.21. The van der Waals surface area contributed by atoms with E-state index in [0.29, 0.717) is 5.25 Å². The number of benzene rings is 1. The molecular formula is C16H22N2O2S. The highest BCUT2D eigenvalue weighted by molar-refractivity contribution is 7.99. The van der Waals surface area contributed by atoms with Gasteiger partial charge < -0.3 is 9.67 Å². The second-order valence-corrected chi connectivity index (χ2v) is 7.63. The molecule has 1 heterocycles. The quantitative estimate of drug-likeness (QED) is 0.934. The number of carbonyl (C=O) groups is 1. The molecular weight excluding hydrogens is 284 g/mol. The zero-order chi connectivity index (χ0) is 15.8. The molecule has 2 rings (SSSR count). The number of aromatic nitrogens is 2. The summed E-state index contributed by atoms with van der Waals surface area (Å²) in [7, 11) is 0. The van der Waals surface area contributed by atoms with Gasteiger partial charge in [-0.3, -0.25) is 0 Å². The summed E-state index contributed by atoms with van der Waals surface area (Å²) in [5, 5.41) is 9.60. The molecule has 21 heavy (non-hydrogen) atoms. The number of thioether (sulfide) groups is 1. The number of carboxylic acid groups (broad SMARTS) is 1. The summed E-state index contributed by atoms with van der Waals surface area (Å²) >= 11 is 1.82. The first-order chi connectivity index (χ1) is 9.74. The lowest BCUT2D eigenvalue weighted by molar-refractivity contribution is 0.0697. The van der Waals surface area contributed by atoms with Crippen LogP contribution in [0.2, 0.25) is 0 Å². The zero-order valence-electron chi connectivity index (χ0n) is 13.2. The number of rotatable bonds is 4. The van der Waals surface area contributed by atoms with E-state index in [0.717, 1.165) is 23.4 Å². The summed E-state index contributed by atoms with van der Waals surface area (Å²) in [4.78, 5) is 15.8. The predicted octanol–water partition coefficient (Wildman–Crippen LogP) is 3.78. The lowest BCUT2D eigenvalue weighted by Crippen LogP contribution is -2.21. The van der Waals surface area contributed by atoms with Crippen molar-refractivity contribution in [1.82, 2.24) is 9.55 Å². The number of carboxylic acids is 1. The molecule has 1 atom stereocenters. The van der Waals surface area contributed by atoms with Crippen molar-refractivity contribution in [3.63, 3.8) is 0 Å². The third-order valence-electron chi connectivity index (χ3n) is 3.51. The second kappa shape index (κ2) is 5.72. The van der Waals surface area contributed by atoms with Gasteiger partial charge in [-0.25, -0.2) is 9.78 Å². The fourth-order valence-electron chi connectivity index (χ4n) is 2.35. The highest BCUT2D eigenvalue weighted by Crippen LogP contribution is 2.28. The molecule has 0 saturated carbocycles. The minimum absolute atomic E-state index is 0.0828. The van der Waals surface area contributed by atoms with E-state index in [-0.39, 0.29) is 11.0 Å². The van der Waals surface area contributed by atoms with Crippen molar-refractivity contribution >= 4 is 28.8 Å². The summed E-state index contributed by atoms with van der Waals surface area (Å²) in [6, 6.07) is 5.18. The van der Waals surface area contributed by atoms with E-state index in [2.05, 4.69) is 38.5 Å². The molecule has 1 N–H and O–H groups in total. The highest BCUT2D eigenvalue weighted by atomic mass is 32.2. The molecule has 1 unspecified atom stereocenters. The first-order valence-corrected chi connectivity index (χ1v) is 8.29. The molecule has 0 aliphatic rings. The molecule has 0 saturated heterocycles. The number of aromatic carboxylic acids is 1. The predicted molar refractivity (Wildman–Crippen MR) is 88.4 cm³/mol. The SMILES string of the molecule is CSC(C)Cn1c(C(C)(C)C)nc2cc(C(=O)O)ccc21. The summed E-state index contributed by atoms with van der Waals surface area (Å²) in [6.45, 7) is 9.46. The smallest absolute Gasteiger partial charge is 0.335 e. The maximum atomic E-state index is 11.1. The van der Waals surface area contributed by atoms with Crippen LogP contribution in [0.25, 0.3) is 11.0 Å². The molecule has 1 aromatic heterocycles. The maximum Gasteiger partial charge on any atom is 0.335 e. The van der Waals surface area contributed by atoms with Gasteiger partial charge in [-0.2, -0.15) is 11.8 Å². The molecule has 0 bridgehead atoms. The van der Waals surface area contributed by atoms with E-state index >= 15 is 0 Å². The van der Waals surface area contributed by atoms with Crippen molar-refractivity contribution < 1.29 is 9.90 Å². The largest absolute Gasteiger partial charge is 0.478 e. The van der Waals surface area contributed by atoms with Crippen LogP contribution in [0.4, 0.5) is 0 Å². The van der Waals surface area contributed by atoms with Crippen LogP contribution < -0.4 is 0 Å². The van der Waals surface area contributed by atoms with Gasteiger partial charge in [0.15, 0.2) is 0 Å². The van der Waals surface area contributed by atoms with Gasteiger partial charge in [-0.1, -0.05) is 27.7 Å². The van der Waals surface area contributed by atoms with Crippen molar-refractivity contribution in [3.05, 3.63) is 29.6 Å². The van der Waals surface area contributed by atoms with Crippen molar-refractivity contribution in [2.75, 3.05) is 6.26 Å². The van der Waals surface area contributed by atoms with Crippen molar-refractivity contribution in [2.24, 2.45) is 0 Å². The number of imidazole rings is 1. The van der Waals surface area contributed by atoms with E-state index < -0.39 is 5.97 Å². The summed E-state index contributed by atoms with van der Waals surface area (Å²) in [5.74, 6) is 0.0854. The van der Waals surface area contributed by atoms with Crippen LogP contribution in [0, 0.1) is 0 Å². The fourth-order valence-corrected chi connectivity index (χ4v) is 2.65. The Morgan fingerprint density at radius 1 is 1.43 bits per heavy atom. The molecule has 0 fully saturated rings. The summed E-state index contributed by atoms with van der Waals surface area (Å²) in [5.41, 5.74) is 1.96. The first-order valence-electron chi connectivity index (χ1n) is 7.01. The van der Waals surface area contributed by atoms with Gasteiger partial charge in [-0.15, -0.1) is 0 Å². The standard InChI is InChI=1S/C16H22N2O2S/c1-10(21-5)9-18-13-7-6-11(14(19)20)8-12(13)17-15(18)16(2,3)4/h6-8,10H,9H2,1-5H3,(H,19,20). The van der Waals surface area contributed by atoms with Gasteiger partial charge in [0.05, 0.1) is 16.6 Å². The Morgan fingerprint density at radius 3 is 2.62 bits per heavy atom. The Bertz CT molecular complexity index is 671. The maximum absolute atomic E-state index is 11.1. The molecule has 4 nitrogen and oxygen atoms in total. The lowest BCUT2D eigenvalue weighted by atomic mass is 9.95. The Labute approximate surface area is 129 Å². The highest BCUT2D eigenvalue weighted by Gasteiger charge is 2.24. The number of hydrogen-bond donors (Lipinski definition) is 1. The van der Waals surface area contributed by atoms with E-state index in [1.807, 2.05) is 17.8 Å². The Balaban J connectivity index is 2.64. The Morgan fingerprint density at radius 2 is 2.10 bits per heavy atom. The Kier molecular flexibility index (Phi) is 4.33. The van der Waals surface area contributed by atoms with Crippen LogP contribution in [0.3, 0.4) is 0 Å². The molecule has 0 radical (unpaired) electrons. The minimum atomic E-state index is -0.916. The number of fused-ring (bicyclic) bond motifs is 1. The monoisotopic (exact) mass is 306 g/mol. The minimum Gasteiger partial charge on any atom is -0.478 e.